The van der Waals surface area contributed by atoms with Crippen molar-refractivity contribution in [3.63, 3.8) is 0 Å². The lowest BCUT2D eigenvalue weighted by Gasteiger charge is -2.04. The van der Waals surface area contributed by atoms with Crippen LogP contribution in [0, 0.1) is 13.8 Å². The molecule has 0 aliphatic rings. The predicted molar refractivity (Wildman–Crippen MR) is 72.8 cm³/mol. The van der Waals surface area contributed by atoms with Gasteiger partial charge in [-0.15, -0.1) is 11.3 Å². The molecule has 0 spiro atoms. The van der Waals surface area contributed by atoms with Gasteiger partial charge in [0.2, 0.25) is 10.0 Å². The van der Waals surface area contributed by atoms with E-state index in [0.29, 0.717) is 10.6 Å². The highest BCUT2D eigenvalue weighted by Gasteiger charge is 2.18. The van der Waals surface area contributed by atoms with E-state index < -0.39 is 10.0 Å². The number of thiophene rings is 1. The van der Waals surface area contributed by atoms with E-state index in [9.17, 15) is 13.2 Å². The number of sulfonamides is 1. The zero-order chi connectivity index (χ0) is 13.3. The number of aromatic amines is 1. The largest absolute Gasteiger partial charge is 0.315 e. The summed E-state index contributed by atoms with van der Waals surface area (Å²) in [5, 5.41) is 1.61. The molecule has 2 N–H and O–H groups in total. The molecule has 2 aromatic heterocycles. The fraction of sp³-hybridized carbons (Fsp3) is 0.300. The van der Waals surface area contributed by atoms with Gasteiger partial charge in [-0.05, 0) is 19.9 Å². The molecule has 2 heterocycles. The zero-order valence-electron chi connectivity index (χ0n) is 9.81. The number of hydrogen-bond donors (Lipinski definition) is 2. The van der Waals surface area contributed by atoms with Crippen molar-refractivity contribution in [3.05, 3.63) is 36.6 Å². The van der Waals surface area contributed by atoms with Gasteiger partial charge in [0.15, 0.2) is 0 Å². The van der Waals surface area contributed by atoms with Gasteiger partial charge in [-0.1, -0.05) is 11.3 Å². The van der Waals surface area contributed by atoms with E-state index >= 15 is 0 Å². The third kappa shape index (κ3) is 2.89. The van der Waals surface area contributed by atoms with Crippen LogP contribution in [-0.2, 0) is 16.6 Å². The first-order chi connectivity index (χ1) is 8.38. The van der Waals surface area contributed by atoms with Crippen LogP contribution < -0.4 is 9.60 Å². The minimum atomic E-state index is -3.52. The summed E-state index contributed by atoms with van der Waals surface area (Å²) in [5.74, 6) is 0. The number of thiazole rings is 1. The lowest BCUT2D eigenvalue weighted by Crippen LogP contribution is -2.23. The summed E-state index contributed by atoms with van der Waals surface area (Å²) < 4.78 is 26.6. The summed E-state index contributed by atoms with van der Waals surface area (Å²) in [6.45, 7) is 3.74. The Labute approximate surface area is 113 Å². The van der Waals surface area contributed by atoms with E-state index in [1.807, 2.05) is 6.92 Å². The van der Waals surface area contributed by atoms with Crippen molar-refractivity contribution in [2.75, 3.05) is 0 Å². The first kappa shape index (κ1) is 13.5. The molecule has 0 saturated carbocycles. The number of hydrogen-bond acceptors (Lipinski definition) is 5. The third-order valence-corrected chi connectivity index (χ3v) is 5.65. The predicted octanol–water partition coefficient (Wildman–Crippen LogP) is 1.59. The summed E-state index contributed by atoms with van der Waals surface area (Å²) in [6, 6.07) is 1.65. The Bertz CT molecular complexity index is 709. The average molecular weight is 304 g/mol. The van der Waals surface area contributed by atoms with Crippen LogP contribution in [0.4, 0.5) is 0 Å². The van der Waals surface area contributed by atoms with Gasteiger partial charge >= 0.3 is 4.87 Å². The molecule has 0 aromatic carbocycles. The van der Waals surface area contributed by atoms with E-state index in [4.69, 9.17) is 0 Å². The van der Waals surface area contributed by atoms with Crippen molar-refractivity contribution < 1.29 is 8.42 Å². The highest BCUT2D eigenvalue weighted by molar-refractivity contribution is 7.89. The van der Waals surface area contributed by atoms with Crippen LogP contribution in [0.3, 0.4) is 0 Å². The molecular formula is C10H12N2O3S3. The van der Waals surface area contributed by atoms with E-state index in [-0.39, 0.29) is 11.4 Å². The van der Waals surface area contributed by atoms with Crippen molar-refractivity contribution in [1.29, 1.82) is 0 Å². The third-order valence-electron chi connectivity index (χ3n) is 2.31. The second-order valence-corrected chi connectivity index (χ2v) is 7.81. The first-order valence-electron chi connectivity index (χ1n) is 5.12. The van der Waals surface area contributed by atoms with Gasteiger partial charge in [-0.2, -0.15) is 0 Å². The summed E-state index contributed by atoms with van der Waals surface area (Å²) >= 11 is 2.46. The normalized spacial score (nSPS) is 11.9. The number of aromatic nitrogens is 1. The molecule has 5 nitrogen and oxygen atoms in total. The lowest BCUT2D eigenvalue weighted by atomic mass is 10.4. The molecule has 2 rings (SSSR count). The Morgan fingerprint density at radius 2 is 2.11 bits per heavy atom. The summed E-state index contributed by atoms with van der Waals surface area (Å²) in [6.07, 6.45) is 0. The fourth-order valence-electron chi connectivity index (χ4n) is 1.53. The van der Waals surface area contributed by atoms with Gasteiger partial charge in [0.05, 0.1) is 11.4 Å². The molecule has 0 aliphatic carbocycles. The van der Waals surface area contributed by atoms with E-state index in [2.05, 4.69) is 9.71 Å². The van der Waals surface area contributed by atoms with E-state index in [1.165, 1.54) is 11.3 Å². The maximum absolute atomic E-state index is 12.1. The molecule has 2 aromatic rings. The first-order valence-corrected chi connectivity index (χ1v) is 8.30. The molecule has 0 amide bonds. The summed E-state index contributed by atoms with van der Waals surface area (Å²) in [7, 11) is -3.52. The molecule has 18 heavy (non-hydrogen) atoms. The topological polar surface area (TPSA) is 79.0 Å². The minimum Gasteiger partial charge on any atom is -0.315 e. The highest BCUT2D eigenvalue weighted by Crippen LogP contribution is 2.24. The van der Waals surface area contributed by atoms with Gasteiger partial charge in [0, 0.05) is 20.8 Å². The van der Waals surface area contributed by atoms with Crippen molar-refractivity contribution in [2.24, 2.45) is 0 Å². The monoisotopic (exact) mass is 304 g/mol. The highest BCUT2D eigenvalue weighted by atomic mass is 32.2. The average Bonchev–Trinajstić information content (AvgIpc) is 2.82. The number of aryl methyl sites for hydroxylation is 2. The number of rotatable bonds is 4. The quantitative estimate of drug-likeness (QED) is 0.900. The van der Waals surface area contributed by atoms with Crippen LogP contribution in [0.25, 0.3) is 0 Å². The van der Waals surface area contributed by atoms with Crippen molar-refractivity contribution >= 4 is 32.7 Å². The minimum absolute atomic E-state index is 0.0927. The van der Waals surface area contributed by atoms with E-state index in [0.717, 1.165) is 21.1 Å². The molecule has 0 aliphatic heterocycles. The molecule has 0 atom stereocenters. The summed E-state index contributed by atoms with van der Waals surface area (Å²) in [5.41, 5.74) is 0.568. The Balaban J connectivity index is 2.17. The molecule has 0 radical (unpaired) electrons. The van der Waals surface area contributed by atoms with Gasteiger partial charge in [-0.25, -0.2) is 13.1 Å². The fourth-order valence-corrected chi connectivity index (χ4v) is 4.67. The van der Waals surface area contributed by atoms with Crippen molar-refractivity contribution in [2.45, 2.75) is 25.3 Å². The van der Waals surface area contributed by atoms with Crippen LogP contribution in [0.1, 0.15) is 15.4 Å². The Kier molecular flexibility index (Phi) is 3.71. The van der Waals surface area contributed by atoms with E-state index in [1.54, 1.807) is 18.4 Å². The van der Waals surface area contributed by atoms with Crippen LogP contribution in [0.15, 0.2) is 21.1 Å². The Morgan fingerprint density at radius 1 is 1.39 bits per heavy atom. The van der Waals surface area contributed by atoms with Gasteiger partial charge in [-0.3, -0.25) is 4.79 Å². The molecule has 8 heteroatoms. The molecule has 0 unspecified atom stereocenters. The zero-order valence-corrected chi connectivity index (χ0v) is 12.3. The molecule has 0 bridgehead atoms. The van der Waals surface area contributed by atoms with Crippen molar-refractivity contribution in [1.82, 2.24) is 9.71 Å². The molecule has 0 fully saturated rings. The maximum atomic E-state index is 12.1. The second kappa shape index (κ2) is 4.96. The Hall–Kier alpha value is -0.960. The lowest BCUT2D eigenvalue weighted by molar-refractivity contribution is 0.580. The van der Waals surface area contributed by atoms with Gasteiger partial charge in [0.1, 0.15) is 0 Å². The molecule has 98 valence electrons. The number of H-pyrrole nitrogens is 1. The standard InChI is InChI=1S/C10H12N2O3S3/c1-6-3-9(7(2)17-6)18(14,15)11-4-8-5-16-10(13)12-8/h3,5,11H,4H2,1-2H3,(H,12,13). The van der Waals surface area contributed by atoms with Crippen LogP contribution >= 0.6 is 22.7 Å². The molecular weight excluding hydrogens is 292 g/mol. The van der Waals surface area contributed by atoms with Crippen LogP contribution in [-0.4, -0.2) is 13.4 Å². The smallest absolute Gasteiger partial charge is 0.304 e. The SMILES string of the molecule is Cc1cc(S(=O)(=O)NCc2csc(=O)[nH]2)c(C)s1. The number of nitrogens with one attached hydrogen (secondary N) is 2. The van der Waals surface area contributed by atoms with Crippen LogP contribution in [0.5, 0.6) is 0 Å². The van der Waals surface area contributed by atoms with Gasteiger partial charge in [0.25, 0.3) is 0 Å². The maximum Gasteiger partial charge on any atom is 0.304 e. The second-order valence-electron chi connectivity index (χ2n) is 3.78. The van der Waals surface area contributed by atoms with Crippen molar-refractivity contribution in [3.8, 4) is 0 Å². The molecule has 0 saturated heterocycles. The summed E-state index contributed by atoms with van der Waals surface area (Å²) in [4.78, 5) is 15.3. The van der Waals surface area contributed by atoms with Gasteiger partial charge < -0.3 is 4.98 Å². The Morgan fingerprint density at radius 3 is 2.61 bits per heavy atom. The van der Waals surface area contributed by atoms with Crippen LogP contribution in [0.2, 0.25) is 0 Å².